The monoisotopic (exact) mass is 301 g/mol. The summed E-state index contributed by atoms with van der Waals surface area (Å²) in [7, 11) is 0. The van der Waals surface area contributed by atoms with Crippen LogP contribution < -0.4 is 21.1 Å². The molecule has 0 aliphatic rings. The maximum Gasteiger partial charge on any atom is 0.257 e. The molecule has 0 spiro atoms. The summed E-state index contributed by atoms with van der Waals surface area (Å²) >= 11 is 0. The maximum atomic E-state index is 11.4. The largest absolute Gasteiger partial charge is 0.484 e. The average molecular weight is 302 g/mol. The van der Waals surface area contributed by atoms with Crippen LogP contribution in [0.4, 0.5) is 5.69 Å². The molecule has 1 aromatic carbocycles. The van der Waals surface area contributed by atoms with Crippen LogP contribution in [0.2, 0.25) is 0 Å². The molecule has 20 heavy (non-hydrogen) atoms. The minimum Gasteiger partial charge on any atom is -0.484 e. The van der Waals surface area contributed by atoms with Gasteiger partial charge in [-0.3, -0.25) is 9.59 Å². The molecule has 1 unspecified atom stereocenters. The molecule has 1 atom stereocenters. The third-order valence-corrected chi connectivity index (χ3v) is 2.26. The number of ether oxygens (including phenoxy) is 1. The molecule has 0 radical (unpaired) electrons. The van der Waals surface area contributed by atoms with Crippen molar-refractivity contribution in [3.63, 3.8) is 0 Å². The lowest BCUT2D eigenvalue weighted by Crippen LogP contribution is -2.32. The molecular formula is C13H20ClN3O3. The second kappa shape index (κ2) is 9.17. The smallest absolute Gasteiger partial charge is 0.257 e. The number of amides is 2. The number of nitrogens with one attached hydrogen (secondary N) is 2. The fourth-order valence-electron chi connectivity index (χ4n) is 1.32. The summed E-state index contributed by atoms with van der Waals surface area (Å²) in [4.78, 5) is 22.7. The molecule has 0 saturated heterocycles. The lowest BCUT2D eigenvalue weighted by molar-refractivity contribution is -0.123. The van der Waals surface area contributed by atoms with E-state index < -0.39 is 6.04 Å². The number of carbonyl (C=O) groups is 2. The van der Waals surface area contributed by atoms with Crippen molar-refractivity contribution in [2.45, 2.75) is 19.9 Å². The maximum absolute atomic E-state index is 11.4. The average Bonchev–Trinajstić information content (AvgIpc) is 2.37. The van der Waals surface area contributed by atoms with Crippen molar-refractivity contribution in [2.75, 3.05) is 18.5 Å². The van der Waals surface area contributed by atoms with E-state index in [9.17, 15) is 9.59 Å². The van der Waals surface area contributed by atoms with Gasteiger partial charge in [0.1, 0.15) is 5.75 Å². The number of nitrogens with two attached hydrogens (primary N) is 1. The van der Waals surface area contributed by atoms with Crippen LogP contribution in [0.1, 0.15) is 13.8 Å². The Labute approximate surface area is 124 Å². The number of likely N-dealkylation sites (N-methyl/N-ethyl adjacent to an activating group) is 1. The number of carbonyl (C=O) groups excluding carboxylic acids is 2. The Morgan fingerprint density at radius 1 is 1.40 bits per heavy atom. The number of hydrogen-bond donors (Lipinski definition) is 3. The first-order valence-corrected chi connectivity index (χ1v) is 6.09. The summed E-state index contributed by atoms with van der Waals surface area (Å²) in [5, 5.41) is 5.28. The second-order valence-corrected chi connectivity index (χ2v) is 4.05. The zero-order valence-corrected chi connectivity index (χ0v) is 12.3. The van der Waals surface area contributed by atoms with Gasteiger partial charge in [-0.2, -0.15) is 0 Å². The third kappa shape index (κ3) is 6.40. The molecule has 0 aliphatic heterocycles. The molecule has 0 fully saturated rings. The van der Waals surface area contributed by atoms with Gasteiger partial charge in [0.25, 0.3) is 5.91 Å². The van der Waals surface area contributed by atoms with Gasteiger partial charge >= 0.3 is 0 Å². The van der Waals surface area contributed by atoms with Crippen molar-refractivity contribution < 1.29 is 14.3 Å². The lowest BCUT2D eigenvalue weighted by atomic mass is 10.2. The Kier molecular flexibility index (Phi) is 8.35. The molecule has 1 rings (SSSR count). The first-order valence-electron chi connectivity index (χ1n) is 6.09. The van der Waals surface area contributed by atoms with Gasteiger partial charge in [-0.15, -0.1) is 12.4 Å². The standard InChI is InChI=1S/C13H19N3O3.ClH/c1-3-15-12(17)8-19-11-6-4-5-10(7-11)16-13(18)9(2)14;/h4-7,9H,3,8,14H2,1-2H3,(H,15,17)(H,16,18);1H. The van der Waals surface area contributed by atoms with E-state index in [1.165, 1.54) is 0 Å². The zero-order valence-electron chi connectivity index (χ0n) is 11.5. The van der Waals surface area contributed by atoms with Crippen LogP contribution in [-0.4, -0.2) is 31.0 Å². The molecule has 0 aromatic heterocycles. The molecular weight excluding hydrogens is 282 g/mol. The first kappa shape index (κ1) is 18.2. The van der Waals surface area contributed by atoms with Gasteiger partial charge in [0.2, 0.25) is 5.91 Å². The molecule has 0 heterocycles. The van der Waals surface area contributed by atoms with Crippen LogP contribution in [0.5, 0.6) is 5.75 Å². The van der Waals surface area contributed by atoms with Crippen molar-refractivity contribution in [2.24, 2.45) is 5.73 Å². The first-order chi connectivity index (χ1) is 9.02. The minimum atomic E-state index is -0.583. The van der Waals surface area contributed by atoms with Gasteiger partial charge in [0.15, 0.2) is 6.61 Å². The highest BCUT2D eigenvalue weighted by Crippen LogP contribution is 2.17. The normalized spacial score (nSPS) is 10.9. The molecule has 0 bridgehead atoms. The van der Waals surface area contributed by atoms with Crippen molar-refractivity contribution in [1.82, 2.24) is 5.32 Å². The Balaban J connectivity index is 0.00000361. The Morgan fingerprint density at radius 3 is 2.70 bits per heavy atom. The van der Waals surface area contributed by atoms with Crippen molar-refractivity contribution in [3.8, 4) is 5.75 Å². The summed E-state index contributed by atoms with van der Waals surface area (Å²) < 4.78 is 5.31. The quantitative estimate of drug-likeness (QED) is 0.728. The molecule has 0 aliphatic carbocycles. The Morgan fingerprint density at radius 2 is 2.10 bits per heavy atom. The predicted molar refractivity (Wildman–Crippen MR) is 80.1 cm³/mol. The van der Waals surface area contributed by atoms with Crippen molar-refractivity contribution in [1.29, 1.82) is 0 Å². The Bertz CT molecular complexity index is 452. The van der Waals surface area contributed by atoms with E-state index in [0.717, 1.165) is 0 Å². The van der Waals surface area contributed by atoms with E-state index in [4.69, 9.17) is 10.5 Å². The summed E-state index contributed by atoms with van der Waals surface area (Å²) in [6.07, 6.45) is 0. The fourth-order valence-corrected chi connectivity index (χ4v) is 1.32. The number of halogens is 1. The molecule has 7 heteroatoms. The van der Waals surface area contributed by atoms with Gasteiger partial charge in [0.05, 0.1) is 6.04 Å². The number of rotatable bonds is 6. The number of benzene rings is 1. The van der Waals surface area contributed by atoms with E-state index in [1.807, 2.05) is 6.92 Å². The van der Waals surface area contributed by atoms with Crippen LogP contribution in [0.25, 0.3) is 0 Å². The number of hydrogen-bond acceptors (Lipinski definition) is 4. The van der Waals surface area contributed by atoms with Crippen LogP contribution in [0.15, 0.2) is 24.3 Å². The van der Waals surface area contributed by atoms with Crippen LogP contribution in [0, 0.1) is 0 Å². The second-order valence-electron chi connectivity index (χ2n) is 4.05. The zero-order chi connectivity index (χ0) is 14.3. The summed E-state index contributed by atoms with van der Waals surface area (Å²) in [5.41, 5.74) is 6.04. The van der Waals surface area contributed by atoms with Gasteiger partial charge in [-0.05, 0) is 26.0 Å². The highest BCUT2D eigenvalue weighted by Gasteiger charge is 2.08. The highest BCUT2D eigenvalue weighted by molar-refractivity contribution is 5.94. The van der Waals surface area contributed by atoms with E-state index in [2.05, 4.69) is 10.6 Å². The fraction of sp³-hybridized carbons (Fsp3) is 0.385. The van der Waals surface area contributed by atoms with Gasteiger partial charge < -0.3 is 21.1 Å². The van der Waals surface area contributed by atoms with Gasteiger partial charge in [0, 0.05) is 18.3 Å². The van der Waals surface area contributed by atoms with Crippen molar-refractivity contribution >= 4 is 29.9 Å². The Hall–Kier alpha value is -1.79. The van der Waals surface area contributed by atoms with Gasteiger partial charge in [-0.1, -0.05) is 6.07 Å². The molecule has 6 nitrogen and oxygen atoms in total. The lowest BCUT2D eigenvalue weighted by Gasteiger charge is -2.10. The molecule has 1 aromatic rings. The van der Waals surface area contributed by atoms with Crippen molar-refractivity contribution in [3.05, 3.63) is 24.3 Å². The van der Waals surface area contributed by atoms with Gasteiger partial charge in [-0.25, -0.2) is 0 Å². The SMILES string of the molecule is CCNC(=O)COc1cccc(NC(=O)C(C)N)c1.Cl. The molecule has 112 valence electrons. The van der Waals surface area contributed by atoms with E-state index in [1.54, 1.807) is 31.2 Å². The highest BCUT2D eigenvalue weighted by atomic mass is 35.5. The van der Waals surface area contributed by atoms with Crippen LogP contribution in [-0.2, 0) is 9.59 Å². The minimum absolute atomic E-state index is 0. The summed E-state index contributed by atoms with van der Waals surface area (Å²) in [5.74, 6) is 0.0436. The molecule has 2 amide bonds. The van der Waals surface area contributed by atoms with Crippen LogP contribution in [0.3, 0.4) is 0 Å². The summed E-state index contributed by atoms with van der Waals surface area (Å²) in [6, 6.07) is 6.21. The summed E-state index contributed by atoms with van der Waals surface area (Å²) in [6.45, 7) is 3.94. The molecule has 0 saturated carbocycles. The molecule has 4 N–H and O–H groups in total. The third-order valence-electron chi connectivity index (χ3n) is 2.26. The van der Waals surface area contributed by atoms with E-state index in [0.29, 0.717) is 18.0 Å². The van der Waals surface area contributed by atoms with E-state index >= 15 is 0 Å². The van der Waals surface area contributed by atoms with E-state index in [-0.39, 0.29) is 30.8 Å². The van der Waals surface area contributed by atoms with Crippen LogP contribution >= 0.6 is 12.4 Å². The number of anilines is 1. The topological polar surface area (TPSA) is 93.5 Å². The predicted octanol–water partition coefficient (Wildman–Crippen LogP) is 0.909.